The minimum atomic E-state index is -0.435. The number of rotatable bonds is 6. The molecular formula is C14H22N2O3. The molecule has 0 saturated heterocycles. The Morgan fingerprint density at radius 1 is 1.47 bits per heavy atom. The summed E-state index contributed by atoms with van der Waals surface area (Å²) in [5.41, 5.74) is 0.289. The van der Waals surface area contributed by atoms with Gasteiger partial charge >= 0.3 is 5.97 Å². The van der Waals surface area contributed by atoms with Gasteiger partial charge in [-0.25, -0.2) is 4.79 Å². The molecule has 1 heterocycles. The van der Waals surface area contributed by atoms with Crippen LogP contribution in [0.3, 0.4) is 0 Å². The van der Waals surface area contributed by atoms with E-state index in [9.17, 15) is 4.79 Å². The number of nitrogens with zero attached hydrogens (tertiary/aromatic N) is 1. The third-order valence-corrected chi connectivity index (χ3v) is 4.03. The van der Waals surface area contributed by atoms with Crippen LogP contribution in [0.15, 0.2) is 16.5 Å². The van der Waals surface area contributed by atoms with Crippen LogP contribution in [0.25, 0.3) is 0 Å². The normalized spacial score (nSPS) is 17.3. The molecule has 5 heteroatoms. The number of furan rings is 1. The highest BCUT2D eigenvalue weighted by atomic mass is 16.5. The lowest BCUT2D eigenvalue weighted by atomic mass is 9.75. The minimum absolute atomic E-state index is 0.255. The fraction of sp³-hybridized carbons (Fsp3) is 0.643. The lowest BCUT2D eigenvalue weighted by Crippen LogP contribution is -2.56. The van der Waals surface area contributed by atoms with Crippen molar-refractivity contribution in [2.75, 3.05) is 27.7 Å². The zero-order valence-corrected chi connectivity index (χ0v) is 11.9. The smallest absolute Gasteiger partial charge is 0.373 e. The molecule has 19 heavy (non-hydrogen) atoms. The number of ether oxygens (including phenoxy) is 1. The van der Waals surface area contributed by atoms with Gasteiger partial charge in [0.1, 0.15) is 5.76 Å². The molecule has 0 aromatic carbocycles. The molecule has 1 aliphatic rings. The van der Waals surface area contributed by atoms with Crippen LogP contribution in [0, 0.1) is 0 Å². The summed E-state index contributed by atoms with van der Waals surface area (Å²) in [5.74, 6) is 0.578. The topological polar surface area (TPSA) is 54.7 Å². The molecule has 0 atom stereocenters. The molecule has 1 aromatic heterocycles. The molecule has 1 aromatic rings. The Hall–Kier alpha value is -1.33. The van der Waals surface area contributed by atoms with Gasteiger partial charge in [0.05, 0.1) is 13.7 Å². The van der Waals surface area contributed by atoms with E-state index in [0.29, 0.717) is 6.54 Å². The molecule has 0 bridgehead atoms. The number of esters is 1. The fourth-order valence-electron chi connectivity index (χ4n) is 2.47. The Morgan fingerprint density at radius 2 is 2.21 bits per heavy atom. The van der Waals surface area contributed by atoms with E-state index in [2.05, 4.69) is 29.0 Å². The monoisotopic (exact) mass is 266 g/mol. The lowest BCUT2D eigenvalue weighted by molar-refractivity contribution is 0.0555. The van der Waals surface area contributed by atoms with Crippen molar-refractivity contribution >= 4 is 5.97 Å². The van der Waals surface area contributed by atoms with E-state index in [1.807, 2.05) is 6.07 Å². The van der Waals surface area contributed by atoms with Gasteiger partial charge in [-0.2, -0.15) is 0 Å². The first-order valence-corrected chi connectivity index (χ1v) is 6.62. The molecule has 1 N–H and O–H groups in total. The van der Waals surface area contributed by atoms with Crippen molar-refractivity contribution in [3.63, 3.8) is 0 Å². The highest BCUT2D eigenvalue weighted by Crippen LogP contribution is 2.35. The average Bonchev–Trinajstić information content (AvgIpc) is 2.79. The summed E-state index contributed by atoms with van der Waals surface area (Å²) in [6.07, 6.45) is 3.77. The first-order valence-electron chi connectivity index (χ1n) is 6.62. The van der Waals surface area contributed by atoms with Gasteiger partial charge in [-0.15, -0.1) is 0 Å². The maximum atomic E-state index is 11.3. The van der Waals surface area contributed by atoms with Gasteiger partial charge in [0.15, 0.2) is 0 Å². The quantitative estimate of drug-likeness (QED) is 0.793. The summed E-state index contributed by atoms with van der Waals surface area (Å²) >= 11 is 0. The molecule has 1 saturated carbocycles. The highest BCUT2D eigenvalue weighted by Gasteiger charge is 2.38. The van der Waals surface area contributed by atoms with Crippen molar-refractivity contribution in [3.8, 4) is 0 Å². The molecular weight excluding hydrogens is 244 g/mol. The third kappa shape index (κ3) is 2.98. The summed E-state index contributed by atoms with van der Waals surface area (Å²) in [5, 5.41) is 3.41. The van der Waals surface area contributed by atoms with Gasteiger partial charge in [0, 0.05) is 12.1 Å². The fourth-order valence-corrected chi connectivity index (χ4v) is 2.47. The van der Waals surface area contributed by atoms with Crippen molar-refractivity contribution in [1.29, 1.82) is 0 Å². The lowest BCUT2D eigenvalue weighted by Gasteiger charge is -2.47. The number of carbonyl (C=O) groups is 1. The molecule has 5 nitrogen and oxygen atoms in total. The Morgan fingerprint density at radius 3 is 2.74 bits per heavy atom. The number of carbonyl (C=O) groups excluding carboxylic acids is 1. The predicted octanol–water partition coefficient (Wildman–Crippen LogP) is 1.64. The van der Waals surface area contributed by atoms with E-state index in [1.54, 1.807) is 6.07 Å². The van der Waals surface area contributed by atoms with Crippen molar-refractivity contribution in [2.24, 2.45) is 0 Å². The summed E-state index contributed by atoms with van der Waals surface area (Å²) in [6.45, 7) is 1.57. The van der Waals surface area contributed by atoms with Crippen LogP contribution < -0.4 is 5.32 Å². The number of hydrogen-bond acceptors (Lipinski definition) is 5. The summed E-state index contributed by atoms with van der Waals surface area (Å²) in [4.78, 5) is 13.6. The van der Waals surface area contributed by atoms with Gasteiger partial charge < -0.3 is 19.4 Å². The number of hydrogen-bond donors (Lipinski definition) is 1. The van der Waals surface area contributed by atoms with Crippen LogP contribution >= 0.6 is 0 Å². The second-order valence-corrected chi connectivity index (χ2v) is 5.33. The summed E-state index contributed by atoms with van der Waals surface area (Å²) < 4.78 is 10.0. The zero-order valence-electron chi connectivity index (χ0n) is 11.9. The van der Waals surface area contributed by atoms with Gasteiger partial charge in [0.2, 0.25) is 5.76 Å². The second kappa shape index (κ2) is 5.75. The van der Waals surface area contributed by atoms with E-state index < -0.39 is 5.97 Å². The van der Waals surface area contributed by atoms with Crippen molar-refractivity contribution < 1.29 is 13.9 Å². The molecule has 0 radical (unpaired) electrons. The second-order valence-electron chi connectivity index (χ2n) is 5.33. The van der Waals surface area contributed by atoms with Crippen LogP contribution in [-0.2, 0) is 11.3 Å². The highest BCUT2D eigenvalue weighted by molar-refractivity contribution is 5.86. The summed E-state index contributed by atoms with van der Waals surface area (Å²) in [6, 6.07) is 3.45. The largest absolute Gasteiger partial charge is 0.463 e. The van der Waals surface area contributed by atoms with Gasteiger partial charge in [-0.05, 0) is 45.5 Å². The number of likely N-dealkylation sites (N-methyl/N-ethyl adjacent to an activating group) is 1. The third-order valence-electron chi connectivity index (χ3n) is 4.03. The van der Waals surface area contributed by atoms with Gasteiger partial charge in [0.25, 0.3) is 0 Å². The summed E-state index contributed by atoms with van der Waals surface area (Å²) in [7, 11) is 5.60. The maximum absolute atomic E-state index is 11.3. The Balaban J connectivity index is 1.82. The number of methoxy groups -OCH3 is 1. The van der Waals surface area contributed by atoms with E-state index in [4.69, 9.17) is 4.42 Å². The maximum Gasteiger partial charge on any atom is 0.373 e. The molecule has 0 unspecified atom stereocenters. The average molecular weight is 266 g/mol. The molecule has 2 rings (SSSR count). The van der Waals surface area contributed by atoms with Crippen LogP contribution in [0.2, 0.25) is 0 Å². The molecule has 106 valence electrons. The van der Waals surface area contributed by atoms with Crippen LogP contribution in [0.5, 0.6) is 0 Å². The van der Waals surface area contributed by atoms with E-state index in [-0.39, 0.29) is 11.3 Å². The Bertz CT molecular complexity index is 436. The Labute approximate surface area is 113 Å². The first-order chi connectivity index (χ1) is 9.07. The van der Waals surface area contributed by atoms with Gasteiger partial charge in [-0.3, -0.25) is 0 Å². The van der Waals surface area contributed by atoms with E-state index in [1.165, 1.54) is 26.4 Å². The van der Waals surface area contributed by atoms with Crippen molar-refractivity contribution in [3.05, 3.63) is 23.7 Å². The Kier molecular flexibility index (Phi) is 4.27. The predicted molar refractivity (Wildman–Crippen MR) is 72.0 cm³/mol. The van der Waals surface area contributed by atoms with Crippen LogP contribution in [0.1, 0.15) is 35.6 Å². The molecule has 0 spiro atoms. The first kappa shape index (κ1) is 14.1. The van der Waals surface area contributed by atoms with Gasteiger partial charge in [-0.1, -0.05) is 0 Å². The van der Waals surface area contributed by atoms with E-state index in [0.717, 1.165) is 12.3 Å². The van der Waals surface area contributed by atoms with Crippen LogP contribution in [0.4, 0.5) is 0 Å². The standard InChI is InChI=1S/C14H22N2O3/c1-16(2)14(7-4-8-14)10-15-9-11-5-6-12(19-11)13(17)18-3/h5-6,15H,4,7-10H2,1-3H3. The molecule has 1 aliphatic carbocycles. The van der Waals surface area contributed by atoms with Crippen molar-refractivity contribution in [1.82, 2.24) is 10.2 Å². The van der Waals surface area contributed by atoms with Crippen LogP contribution in [-0.4, -0.2) is 44.2 Å². The molecule has 0 amide bonds. The van der Waals surface area contributed by atoms with E-state index >= 15 is 0 Å². The SMILES string of the molecule is COC(=O)c1ccc(CNCC2(N(C)C)CCC2)o1. The van der Waals surface area contributed by atoms with Crippen molar-refractivity contribution in [2.45, 2.75) is 31.3 Å². The number of nitrogens with one attached hydrogen (secondary N) is 1. The zero-order chi connectivity index (χ0) is 13.9. The molecule has 0 aliphatic heterocycles. The minimum Gasteiger partial charge on any atom is -0.463 e. The molecule has 1 fully saturated rings.